The highest BCUT2D eigenvalue weighted by Gasteiger charge is 2.07. The average molecular weight is 295 g/mol. The number of hydrogen-bond acceptors (Lipinski definition) is 3. The Hall–Kier alpha value is -0.510. The van der Waals surface area contributed by atoms with E-state index in [-0.39, 0.29) is 0 Å². The molecule has 0 bridgehead atoms. The normalized spacial score (nSPS) is 12.8. The molecule has 0 heterocycles. The molecular formula is C17H29NOS. The van der Waals surface area contributed by atoms with Gasteiger partial charge in [0.2, 0.25) is 0 Å². The molecule has 1 rings (SSSR count). The number of hydrogen-bond donors (Lipinski definition) is 2. The van der Waals surface area contributed by atoms with Gasteiger partial charge >= 0.3 is 0 Å². The van der Waals surface area contributed by atoms with Crippen LogP contribution in [-0.4, -0.2) is 30.2 Å². The first-order chi connectivity index (χ1) is 9.63. The molecular weight excluding hydrogens is 266 g/mol. The minimum atomic E-state index is -0.399. The number of aliphatic hydroxyl groups is 1. The van der Waals surface area contributed by atoms with Crippen LogP contribution < -0.4 is 5.32 Å². The van der Waals surface area contributed by atoms with E-state index in [2.05, 4.69) is 49.7 Å². The Bertz CT molecular complexity index is 351. The topological polar surface area (TPSA) is 32.3 Å². The average Bonchev–Trinajstić information content (AvgIpc) is 2.42. The molecule has 0 aliphatic rings. The molecule has 0 saturated heterocycles. The summed E-state index contributed by atoms with van der Waals surface area (Å²) in [5.41, 5.74) is 2.36. The fraction of sp³-hybridized carbons (Fsp3) is 0.647. The molecule has 1 atom stereocenters. The van der Waals surface area contributed by atoms with Gasteiger partial charge in [-0.2, -0.15) is 11.8 Å². The van der Waals surface area contributed by atoms with Crippen molar-refractivity contribution in [3.8, 4) is 0 Å². The highest BCUT2D eigenvalue weighted by Crippen LogP contribution is 2.15. The molecule has 0 fully saturated rings. The molecule has 2 nitrogen and oxygen atoms in total. The Morgan fingerprint density at radius 1 is 1.15 bits per heavy atom. The van der Waals surface area contributed by atoms with Crippen molar-refractivity contribution in [1.82, 2.24) is 5.32 Å². The van der Waals surface area contributed by atoms with E-state index < -0.39 is 6.10 Å². The second-order valence-electron chi connectivity index (χ2n) is 5.76. The first-order valence-corrected chi connectivity index (χ1v) is 8.99. The summed E-state index contributed by atoms with van der Waals surface area (Å²) < 4.78 is 0. The maximum absolute atomic E-state index is 10.1. The van der Waals surface area contributed by atoms with E-state index in [1.165, 1.54) is 24.2 Å². The Morgan fingerprint density at radius 2 is 1.85 bits per heavy atom. The molecule has 0 amide bonds. The molecule has 1 unspecified atom stereocenters. The van der Waals surface area contributed by atoms with Crippen LogP contribution in [0.4, 0.5) is 0 Å². The number of aliphatic hydroxyl groups excluding tert-OH is 1. The maximum Gasteiger partial charge on any atom is 0.0914 e. The summed E-state index contributed by atoms with van der Waals surface area (Å²) in [5.74, 6) is 1.90. The number of unbranched alkanes of at least 4 members (excludes halogenated alkanes) is 1. The van der Waals surface area contributed by atoms with Crippen LogP contribution >= 0.6 is 11.8 Å². The molecule has 20 heavy (non-hydrogen) atoms. The smallest absolute Gasteiger partial charge is 0.0914 e. The van der Waals surface area contributed by atoms with Crippen molar-refractivity contribution < 1.29 is 5.11 Å². The lowest BCUT2D eigenvalue weighted by Crippen LogP contribution is -2.22. The van der Waals surface area contributed by atoms with Crippen molar-refractivity contribution in [3.05, 3.63) is 35.4 Å². The fourth-order valence-corrected chi connectivity index (χ4v) is 2.69. The van der Waals surface area contributed by atoms with E-state index in [0.717, 1.165) is 18.5 Å². The summed E-state index contributed by atoms with van der Waals surface area (Å²) in [6.07, 6.45) is 5.27. The summed E-state index contributed by atoms with van der Waals surface area (Å²) in [4.78, 5) is 0. The lowest BCUT2D eigenvalue weighted by Gasteiger charge is -2.13. The van der Waals surface area contributed by atoms with E-state index in [1.54, 1.807) is 0 Å². The molecule has 0 aliphatic carbocycles. The van der Waals surface area contributed by atoms with E-state index in [0.29, 0.717) is 12.5 Å². The number of nitrogens with one attached hydrogen (secondary N) is 1. The first kappa shape index (κ1) is 17.5. The maximum atomic E-state index is 10.1. The number of benzene rings is 1. The Kier molecular flexibility index (Phi) is 8.99. The first-order valence-electron chi connectivity index (χ1n) is 7.60. The van der Waals surface area contributed by atoms with Gasteiger partial charge in [0, 0.05) is 6.54 Å². The Labute approximate surface area is 128 Å². The van der Waals surface area contributed by atoms with Crippen molar-refractivity contribution in [2.24, 2.45) is 5.92 Å². The summed E-state index contributed by atoms with van der Waals surface area (Å²) >= 11 is 1.89. The number of rotatable bonds is 10. The van der Waals surface area contributed by atoms with Gasteiger partial charge in [0.1, 0.15) is 0 Å². The van der Waals surface area contributed by atoms with Gasteiger partial charge in [-0.3, -0.25) is 0 Å². The van der Waals surface area contributed by atoms with Gasteiger partial charge in [-0.1, -0.05) is 38.1 Å². The molecule has 0 aromatic heterocycles. The molecule has 0 spiro atoms. The van der Waals surface area contributed by atoms with E-state index in [1.807, 2.05) is 11.8 Å². The predicted octanol–water partition coefficient (Wildman–Crippen LogP) is 3.65. The van der Waals surface area contributed by atoms with Crippen molar-refractivity contribution in [3.63, 3.8) is 0 Å². The molecule has 0 aliphatic heterocycles. The third kappa shape index (κ3) is 7.32. The molecule has 3 heteroatoms. The van der Waals surface area contributed by atoms with Gasteiger partial charge in [-0.25, -0.2) is 0 Å². The largest absolute Gasteiger partial charge is 0.387 e. The predicted molar refractivity (Wildman–Crippen MR) is 90.4 cm³/mol. The van der Waals surface area contributed by atoms with Gasteiger partial charge in [0.25, 0.3) is 0 Å². The van der Waals surface area contributed by atoms with Crippen LogP contribution in [0.2, 0.25) is 0 Å². The third-order valence-electron chi connectivity index (χ3n) is 3.30. The van der Waals surface area contributed by atoms with Gasteiger partial charge in [0.05, 0.1) is 6.10 Å². The van der Waals surface area contributed by atoms with E-state index in [9.17, 15) is 5.11 Å². The van der Waals surface area contributed by atoms with Crippen LogP contribution in [0.1, 0.15) is 43.9 Å². The van der Waals surface area contributed by atoms with Crippen LogP contribution in [-0.2, 0) is 6.42 Å². The summed E-state index contributed by atoms with van der Waals surface area (Å²) in [7, 11) is 0. The molecule has 1 aromatic rings. The Balaban J connectivity index is 2.27. The van der Waals surface area contributed by atoms with Crippen LogP contribution in [0.15, 0.2) is 24.3 Å². The lowest BCUT2D eigenvalue weighted by atomic mass is 10.0. The zero-order chi connectivity index (χ0) is 14.8. The molecule has 1 aromatic carbocycles. The van der Waals surface area contributed by atoms with Gasteiger partial charge in [-0.05, 0) is 54.9 Å². The van der Waals surface area contributed by atoms with Crippen LogP contribution in [0.3, 0.4) is 0 Å². The summed E-state index contributed by atoms with van der Waals surface area (Å²) in [6.45, 7) is 6.08. The van der Waals surface area contributed by atoms with Crippen LogP contribution in [0.25, 0.3) is 0 Å². The zero-order valence-corrected chi connectivity index (χ0v) is 13.9. The summed E-state index contributed by atoms with van der Waals surface area (Å²) in [5, 5.41) is 13.5. The molecule has 2 N–H and O–H groups in total. The quantitative estimate of drug-likeness (QED) is 0.646. The minimum Gasteiger partial charge on any atom is -0.387 e. The second-order valence-corrected chi connectivity index (χ2v) is 6.74. The monoisotopic (exact) mass is 295 g/mol. The number of thioether (sulfide) groups is 1. The summed E-state index contributed by atoms with van der Waals surface area (Å²) in [6, 6.07) is 8.38. The van der Waals surface area contributed by atoms with Crippen molar-refractivity contribution in [1.29, 1.82) is 0 Å². The molecule has 0 saturated carbocycles. The van der Waals surface area contributed by atoms with E-state index in [4.69, 9.17) is 0 Å². The van der Waals surface area contributed by atoms with E-state index >= 15 is 0 Å². The lowest BCUT2D eigenvalue weighted by molar-refractivity contribution is 0.175. The second kappa shape index (κ2) is 10.3. The molecule has 0 radical (unpaired) electrons. The zero-order valence-electron chi connectivity index (χ0n) is 13.1. The standard InChI is InChI=1S/C17H29NOS/c1-14(2)12-15-6-8-16(9-7-15)17(19)13-18-10-4-5-11-20-3/h6-9,14,17-19H,4-5,10-13H2,1-3H3. The SMILES string of the molecule is CSCCCCNCC(O)c1ccc(CC(C)C)cc1. The van der Waals surface area contributed by atoms with Crippen LogP contribution in [0.5, 0.6) is 0 Å². The van der Waals surface area contributed by atoms with Crippen LogP contribution in [0, 0.1) is 5.92 Å². The third-order valence-corrected chi connectivity index (χ3v) is 4.00. The van der Waals surface area contributed by atoms with Crippen molar-refractivity contribution in [2.45, 2.75) is 39.2 Å². The minimum absolute atomic E-state index is 0.399. The Morgan fingerprint density at radius 3 is 2.45 bits per heavy atom. The fourth-order valence-electron chi connectivity index (χ4n) is 2.20. The highest BCUT2D eigenvalue weighted by atomic mass is 32.2. The highest BCUT2D eigenvalue weighted by molar-refractivity contribution is 7.98. The van der Waals surface area contributed by atoms with Crippen molar-refractivity contribution >= 4 is 11.8 Å². The van der Waals surface area contributed by atoms with Gasteiger partial charge in [-0.15, -0.1) is 0 Å². The molecule has 114 valence electrons. The van der Waals surface area contributed by atoms with Gasteiger partial charge < -0.3 is 10.4 Å². The van der Waals surface area contributed by atoms with Gasteiger partial charge in [0.15, 0.2) is 0 Å². The van der Waals surface area contributed by atoms with Crippen molar-refractivity contribution in [2.75, 3.05) is 25.1 Å².